The molecule has 130 valence electrons. The summed E-state index contributed by atoms with van der Waals surface area (Å²) >= 11 is 0. The lowest BCUT2D eigenvalue weighted by Crippen LogP contribution is -2.31. The molecule has 1 fully saturated rings. The maximum absolute atomic E-state index is 12.3. The predicted octanol–water partition coefficient (Wildman–Crippen LogP) is 3.59. The molecule has 0 spiro atoms. The molecule has 1 aliphatic rings. The first kappa shape index (κ1) is 17.2. The van der Waals surface area contributed by atoms with E-state index in [2.05, 4.69) is 19.2 Å². The third-order valence-electron chi connectivity index (χ3n) is 4.66. The minimum atomic E-state index is -0.0825. The van der Waals surface area contributed by atoms with E-state index in [1.807, 2.05) is 54.6 Å². The largest absolute Gasteiger partial charge is 0.352 e. The highest BCUT2D eigenvalue weighted by molar-refractivity contribution is 5.96. The fourth-order valence-electron chi connectivity index (χ4n) is 3.13. The Hall–Kier alpha value is -2.62. The number of carbonyl (C=O) groups is 2. The van der Waals surface area contributed by atoms with Gasteiger partial charge >= 0.3 is 0 Å². The monoisotopic (exact) mass is 336 g/mol. The van der Waals surface area contributed by atoms with Gasteiger partial charge in [0, 0.05) is 36.7 Å². The van der Waals surface area contributed by atoms with Crippen LogP contribution in [0.5, 0.6) is 0 Å². The number of nitrogens with zero attached hydrogens (tertiary/aromatic N) is 1. The molecule has 0 aliphatic carbocycles. The first-order chi connectivity index (χ1) is 12.0. The zero-order chi connectivity index (χ0) is 17.8. The van der Waals surface area contributed by atoms with Crippen molar-refractivity contribution in [2.24, 2.45) is 5.92 Å². The van der Waals surface area contributed by atoms with Crippen molar-refractivity contribution >= 4 is 17.5 Å². The Balaban J connectivity index is 1.55. The lowest BCUT2D eigenvalue weighted by atomic mass is 10.0. The number of carbonyl (C=O) groups excluding carboxylic acids is 2. The summed E-state index contributed by atoms with van der Waals surface area (Å²) in [5.41, 5.74) is 2.80. The van der Waals surface area contributed by atoms with Crippen molar-refractivity contribution < 1.29 is 9.59 Å². The zero-order valence-corrected chi connectivity index (χ0v) is 14.7. The molecule has 0 saturated carbocycles. The summed E-state index contributed by atoms with van der Waals surface area (Å²) < 4.78 is 0. The van der Waals surface area contributed by atoms with Crippen molar-refractivity contribution in [3.05, 3.63) is 65.7 Å². The average Bonchev–Trinajstić information content (AvgIpc) is 3.01. The van der Waals surface area contributed by atoms with E-state index in [0.29, 0.717) is 31.0 Å². The summed E-state index contributed by atoms with van der Waals surface area (Å²) in [4.78, 5) is 26.3. The van der Waals surface area contributed by atoms with Crippen LogP contribution in [-0.4, -0.2) is 24.9 Å². The molecule has 1 atom stereocenters. The van der Waals surface area contributed by atoms with Crippen molar-refractivity contribution in [1.29, 1.82) is 0 Å². The lowest BCUT2D eigenvalue weighted by Gasteiger charge is -2.17. The van der Waals surface area contributed by atoms with E-state index in [9.17, 15) is 9.59 Å². The van der Waals surface area contributed by atoms with Crippen LogP contribution in [0, 0.1) is 5.92 Å². The Morgan fingerprint density at radius 2 is 1.80 bits per heavy atom. The van der Waals surface area contributed by atoms with Gasteiger partial charge in [0.1, 0.15) is 0 Å². The minimum absolute atomic E-state index is 0.0825. The van der Waals surface area contributed by atoms with E-state index in [1.54, 1.807) is 4.90 Å². The van der Waals surface area contributed by atoms with Gasteiger partial charge in [-0.3, -0.25) is 9.59 Å². The number of para-hydroxylation sites is 1. The quantitative estimate of drug-likeness (QED) is 0.907. The zero-order valence-electron chi connectivity index (χ0n) is 14.7. The molecular weight excluding hydrogens is 312 g/mol. The van der Waals surface area contributed by atoms with Gasteiger partial charge < -0.3 is 10.2 Å². The molecule has 1 aliphatic heterocycles. The number of anilines is 1. The van der Waals surface area contributed by atoms with Crippen LogP contribution in [0.15, 0.2) is 54.6 Å². The van der Waals surface area contributed by atoms with E-state index in [1.165, 1.54) is 5.56 Å². The molecule has 0 radical (unpaired) electrons. The Kier molecular flexibility index (Phi) is 5.17. The minimum Gasteiger partial charge on any atom is -0.352 e. The summed E-state index contributed by atoms with van der Waals surface area (Å²) in [6, 6.07) is 17.4. The van der Waals surface area contributed by atoms with Crippen LogP contribution in [0.25, 0.3) is 0 Å². The topological polar surface area (TPSA) is 49.4 Å². The smallest absolute Gasteiger partial charge is 0.251 e. The van der Waals surface area contributed by atoms with Crippen LogP contribution < -0.4 is 10.2 Å². The molecule has 2 amide bonds. The second-order valence-electron chi connectivity index (χ2n) is 6.90. The summed E-state index contributed by atoms with van der Waals surface area (Å²) in [7, 11) is 0. The summed E-state index contributed by atoms with van der Waals surface area (Å²) in [5.74, 6) is 0.629. The van der Waals surface area contributed by atoms with Crippen molar-refractivity contribution in [3.63, 3.8) is 0 Å². The van der Waals surface area contributed by atoms with Gasteiger partial charge in [-0.1, -0.05) is 44.2 Å². The van der Waals surface area contributed by atoms with Gasteiger partial charge in [-0.15, -0.1) is 0 Å². The van der Waals surface area contributed by atoms with E-state index < -0.39 is 0 Å². The number of hydrogen-bond donors (Lipinski definition) is 1. The van der Waals surface area contributed by atoms with Crippen LogP contribution in [-0.2, 0) is 4.79 Å². The molecule has 1 N–H and O–H groups in total. The van der Waals surface area contributed by atoms with Crippen LogP contribution in [0.2, 0.25) is 0 Å². The number of benzene rings is 2. The third-order valence-corrected chi connectivity index (χ3v) is 4.66. The number of amides is 2. The van der Waals surface area contributed by atoms with Crippen LogP contribution in [0.4, 0.5) is 5.69 Å². The average molecular weight is 336 g/mol. The number of hydrogen-bond acceptors (Lipinski definition) is 2. The highest BCUT2D eigenvalue weighted by atomic mass is 16.2. The van der Waals surface area contributed by atoms with E-state index in [4.69, 9.17) is 0 Å². The second-order valence-corrected chi connectivity index (χ2v) is 6.90. The predicted molar refractivity (Wildman–Crippen MR) is 99.8 cm³/mol. The fourth-order valence-corrected chi connectivity index (χ4v) is 3.13. The molecule has 4 heteroatoms. The van der Waals surface area contributed by atoms with Crippen molar-refractivity contribution in [3.8, 4) is 0 Å². The molecule has 0 bridgehead atoms. The third kappa shape index (κ3) is 4.08. The molecule has 2 aromatic rings. The van der Waals surface area contributed by atoms with Crippen molar-refractivity contribution in [2.75, 3.05) is 18.0 Å². The maximum Gasteiger partial charge on any atom is 0.251 e. The Morgan fingerprint density at radius 1 is 1.12 bits per heavy atom. The van der Waals surface area contributed by atoms with Crippen LogP contribution >= 0.6 is 0 Å². The van der Waals surface area contributed by atoms with Crippen molar-refractivity contribution in [1.82, 2.24) is 5.32 Å². The van der Waals surface area contributed by atoms with Gasteiger partial charge in [0.15, 0.2) is 0 Å². The summed E-state index contributed by atoms with van der Waals surface area (Å²) in [6.45, 7) is 5.42. The standard InChI is InChI=1S/C21H24N2O2/c1-15(2)17-8-10-18(11-9-17)21(25)22-13-16-12-20(24)23(14-16)19-6-4-3-5-7-19/h3-11,15-16H,12-14H2,1-2H3,(H,22,25). The number of rotatable bonds is 5. The SMILES string of the molecule is CC(C)c1ccc(C(=O)NCC2CC(=O)N(c3ccccc3)C2)cc1. The first-order valence-corrected chi connectivity index (χ1v) is 8.78. The molecule has 2 aromatic carbocycles. The summed E-state index contributed by atoms with van der Waals surface area (Å²) in [5, 5.41) is 2.96. The van der Waals surface area contributed by atoms with Gasteiger partial charge in [-0.2, -0.15) is 0 Å². The molecule has 1 unspecified atom stereocenters. The van der Waals surface area contributed by atoms with Crippen LogP contribution in [0.1, 0.15) is 42.1 Å². The second kappa shape index (κ2) is 7.51. The molecule has 4 nitrogen and oxygen atoms in total. The first-order valence-electron chi connectivity index (χ1n) is 8.78. The molecule has 3 rings (SSSR count). The van der Waals surface area contributed by atoms with E-state index >= 15 is 0 Å². The summed E-state index contributed by atoms with van der Waals surface area (Å²) in [6.07, 6.45) is 0.474. The molecule has 1 saturated heterocycles. The van der Waals surface area contributed by atoms with E-state index in [-0.39, 0.29) is 17.7 Å². The Morgan fingerprint density at radius 3 is 2.44 bits per heavy atom. The fraction of sp³-hybridized carbons (Fsp3) is 0.333. The van der Waals surface area contributed by atoms with Gasteiger partial charge in [-0.25, -0.2) is 0 Å². The van der Waals surface area contributed by atoms with E-state index in [0.717, 1.165) is 5.69 Å². The van der Waals surface area contributed by atoms with Crippen LogP contribution in [0.3, 0.4) is 0 Å². The Labute approximate surface area is 148 Å². The lowest BCUT2D eigenvalue weighted by molar-refractivity contribution is -0.117. The van der Waals surface area contributed by atoms with Gasteiger partial charge in [0.25, 0.3) is 5.91 Å². The molecular formula is C21H24N2O2. The number of nitrogens with one attached hydrogen (secondary N) is 1. The highest BCUT2D eigenvalue weighted by Gasteiger charge is 2.30. The van der Waals surface area contributed by atoms with Gasteiger partial charge in [0.05, 0.1) is 0 Å². The van der Waals surface area contributed by atoms with Gasteiger partial charge in [0.2, 0.25) is 5.91 Å². The maximum atomic E-state index is 12.3. The Bertz CT molecular complexity index is 738. The normalized spacial score (nSPS) is 17.2. The molecule has 0 aromatic heterocycles. The molecule has 25 heavy (non-hydrogen) atoms. The molecule has 1 heterocycles. The highest BCUT2D eigenvalue weighted by Crippen LogP contribution is 2.24. The van der Waals surface area contributed by atoms with Gasteiger partial charge in [-0.05, 0) is 35.7 Å². The van der Waals surface area contributed by atoms with Crippen molar-refractivity contribution in [2.45, 2.75) is 26.2 Å².